The highest BCUT2D eigenvalue weighted by Crippen LogP contribution is 2.22. The first kappa shape index (κ1) is 14.5. The maximum atomic E-state index is 12.4. The number of carbonyl (C=O) groups is 1. The Bertz CT molecular complexity index is 704. The van der Waals surface area contributed by atoms with E-state index >= 15 is 0 Å². The molecule has 1 aliphatic heterocycles. The molecule has 1 heterocycles. The van der Waals surface area contributed by atoms with E-state index in [1.54, 1.807) is 6.07 Å². The molecule has 0 bridgehead atoms. The molecule has 3 rings (SSSR count). The lowest BCUT2D eigenvalue weighted by molar-refractivity contribution is 0.0853. The summed E-state index contributed by atoms with van der Waals surface area (Å²) in [4.78, 5) is 13.9. The maximum Gasteiger partial charge on any atom is 0.260 e. The molecule has 0 saturated heterocycles. The fraction of sp³-hybridized carbons (Fsp3) is 0.222. The lowest BCUT2D eigenvalue weighted by Gasteiger charge is -2.21. The summed E-state index contributed by atoms with van der Waals surface area (Å²) in [5, 5.41) is 8.18. The molecule has 2 aromatic rings. The summed E-state index contributed by atoms with van der Waals surface area (Å²) < 4.78 is 0. The Hall–Kier alpha value is -2.46. The van der Waals surface area contributed by atoms with Gasteiger partial charge in [-0.05, 0) is 30.5 Å². The molecule has 1 atom stereocenters. The number of aryl methyl sites for hydroxylation is 1. The van der Waals surface area contributed by atoms with Crippen LogP contribution in [0.15, 0.2) is 48.5 Å². The minimum absolute atomic E-state index is 0.124. The number of rotatable bonds is 4. The molecule has 0 radical (unpaired) electrons. The number of nitrogens with two attached hydrogens (primary N) is 1. The third kappa shape index (κ3) is 2.53. The van der Waals surface area contributed by atoms with Crippen LogP contribution < -0.4 is 5.73 Å². The van der Waals surface area contributed by atoms with Crippen molar-refractivity contribution in [3.63, 3.8) is 0 Å². The molecule has 3 N–H and O–H groups in total. The summed E-state index contributed by atoms with van der Waals surface area (Å²) in [6, 6.07) is 15.1. The molecule has 0 unspecified atom stereocenters. The van der Waals surface area contributed by atoms with Gasteiger partial charge < -0.3 is 5.73 Å². The van der Waals surface area contributed by atoms with E-state index in [-0.39, 0.29) is 17.8 Å². The molecule has 0 aromatic heterocycles. The van der Waals surface area contributed by atoms with Crippen LogP contribution in [0.1, 0.15) is 27.0 Å². The molecule has 0 spiro atoms. The van der Waals surface area contributed by atoms with Gasteiger partial charge in [-0.1, -0.05) is 42.5 Å². The van der Waals surface area contributed by atoms with Gasteiger partial charge >= 0.3 is 0 Å². The molecular weight excluding hydrogens is 274 g/mol. The van der Waals surface area contributed by atoms with Gasteiger partial charge in [-0.15, -0.1) is 0 Å². The van der Waals surface area contributed by atoms with Gasteiger partial charge in [-0.25, -0.2) is 0 Å². The summed E-state index contributed by atoms with van der Waals surface area (Å²) in [6.45, 7) is 2.42. The predicted molar refractivity (Wildman–Crippen MR) is 87.2 cm³/mol. The van der Waals surface area contributed by atoms with Crippen LogP contribution in [0.2, 0.25) is 0 Å². The van der Waals surface area contributed by atoms with E-state index in [0.717, 1.165) is 0 Å². The van der Waals surface area contributed by atoms with E-state index in [1.807, 2.05) is 30.3 Å². The quantitative estimate of drug-likeness (QED) is 0.908. The van der Waals surface area contributed by atoms with E-state index in [2.05, 4.69) is 19.1 Å². The van der Waals surface area contributed by atoms with Crippen LogP contribution in [0.25, 0.3) is 0 Å². The summed E-state index contributed by atoms with van der Waals surface area (Å²) >= 11 is 0. The van der Waals surface area contributed by atoms with E-state index in [9.17, 15) is 4.79 Å². The van der Waals surface area contributed by atoms with Crippen LogP contribution in [0.5, 0.6) is 0 Å². The Morgan fingerprint density at radius 3 is 2.41 bits per heavy atom. The normalized spacial score (nSPS) is 15.1. The number of hydrogen-bond donors (Lipinski definition) is 2. The summed E-state index contributed by atoms with van der Waals surface area (Å²) in [5.74, 6) is 0.127. The number of benzene rings is 2. The highest BCUT2D eigenvalue weighted by molar-refractivity contribution is 6.22. The van der Waals surface area contributed by atoms with E-state index < -0.39 is 0 Å². The molecular formula is C18H19N3O. The molecule has 1 amide bonds. The average Bonchev–Trinajstić information content (AvgIpc) is 2.75. The predicted octanol–water partition coefficient (Wildman–Crippen LogP) is 2.35. The number of carbonyl (C=O) groups excluding carboxylic acids is 1. The van der Waals surface area contributed by atoms with Gasteiger partial charge in [-0.3, -0.25) is 15.1 Å². The lowest BCUT2D eigenvalue weighted by atomic mass is 10.0. The van der Waals surface area contributed by atoms with Gasteiger partial charge in [0, 0.05) is 18.2 Å². The number of amides is 1. The average molecular weight is 293 g/mol. The summed E-state index contributed by atoms with van der Waals surface area (Å²) in [7, 11) is 0. The fourth-order valence-electron chi connectivity index (χ4n) is 2.86. The van der Waals surface area contributed by atoms with Crippen molar-refractivity contribution in [3.05, 3.63) is 70.8 Å². The number of hydrogen-bond acceptors (Lipinski definition) is 3. The third-order valence-corrected chi connectivity index (χ3v) is 4.09. The first-order valence-corrected chi connectivity index (χ1v) is 7.38. The Kier molecular flexibility index (Phi) is 3.77. The molecule has 0 aliphatic carbocycles. The Morgan fingerprint density at radius 2 is 1.73 bits per heavy atom. The molecule has 112 valence electrons. The Morgan fingerprint density at radius 1 is 1.09 bits per heavy atom. The highest BCUT2D eigenvalue weighted by atomic mass is 16.2. The fourth-order valence-corrected chi connectivity index (χ4v) is 2.86. The zero-order valence-electron chi connectivity index (χ0n) is 12.5. The van der Waals surface area contributed by atoms with Crippen LogP contribution in [-0.4, -0.2) is 29.2 Å². The SMILES string of the molecule is Cc1ccccc1C[C@H](N)CN1C(=N)c2ccccc2C1=O. The van der Waals surface area contributed by atoms with Gasteiger partial charge in [0.15, 0.2) is 0 Å². The summed E-state index contributed by atoms with van der Waals surface area (Å²) in [5.41, 5.74) is 9.89. The van der Waals surface area contributed by atoms with Crippen LogP contribution in [0.3, 0.4) is 0 Å². The van der Waals surface area contributed by atoms with Gasteiger partial charge in [0.1, 0.15) is 5.84 Å². The maximum absolute atomic E-state index is 12.4. The van der Waals surface area contributed by atoms with Crippen LogP contribution in [0.4, 0.5) is 0 Å². The molecule has 1 aliphatic rings. The second kappa shape index (κ2) is 5.73. The second-order valence-corrected chi connectivity index (χ2v) is 5.70. The molecule has 2 aromatic carbocycles. The van der Waals surface area contributed by atoms with E-state index in [0.29, 0.717) is 24.1 Å². The first-order chi connectivity index (χ1) is 10.6. The van der Waals surface area contributed by atoms with Crippen molar-refractivity contribution in [2.45, 2.75) is 19.4 Å². The Labute approximate surface area is 130 Å². The van der Waals surface area contributed by atoms with Crippen molar-refractivity contribution in [3.8, 4) is 0 Å². The number of fused-ring (bicyclic) bond motifs is 1. The monoisotopic (exact) mass is 293 g/mol. The topological polar surface area (TPSA) is 70.2 Å². The van der Waals surface area contributed by atoms with Crippen molar-refractivity contribution in [1.82, 2.24) is 4.90 Å². The van der Waals surface area contributed by atoms with Gasteiger partial charge in [0.05, 0.1) is 5.56 Å². The second-order valence-electron chi connectivity index (χ2n) is 5.70. The van der Waals surface area contributed by atoms with Crippen molar-refractivity contribution in [1.29, 1.82) is 5.41 Å². The van der Waals surface area contributed by atoms with Gasteiger partial charge in [0.25, 0.3) is 5.91 Å². The highest BCUT2D eigenvalue weighted by Gasteiger charge is 2.33. The van der Waals surface area contributed by atoms with E-state index in [1.165, 1.54) is 16.0 Å². The lowest BCUT2D eigenvalue weighted by Crippen LogP contribution is -2.42. The van der Waals surface area contributed by atoms with E-state index in [4.69, 9.17) is 11.1 Å². The zero-order chi connectivity index (χ0) is 15.7. The largest absolute Gasteiger partial charge is 0.326 e. The third-order valence-electron chi connectivity index (χ3n) is 4.09. The standard InChI is InChI=1S/C18H19N3O/c1-12-6-2-3-7-13(12)10-14(19)11-21-17(20)15-8-4-5-9-16(15)18(21)22/h2-9,14,20H,10-11,19H2,1H3/t14-/m0/s1. The molecule has 4 nitrogen and oxygen atoms in total. The first-order valence-electron chi connectivity index (χ1n) is 7.38. The smallest absolute Gasteiger partial charge is 0.260 e. The van der Waals surface area contributed by atoms with Crippen molar-refractivity contribution in [2.24, 2.45) is 5.73 Å². The molecule has 4 heteroatoms. The molecule has 0 saturated carbocycles. The minimum atomic E-state index is -0.195. The van der Waals surface area contributed by atoms with Crippen LogP contribution in [0, 0.1) is 12.3 Å². The van der Waals surface area contributed by atoms with Crippen LogP contribution >= 0.6 is 0 Å². The van der Waals surface area contributed by atoms with Crippen molar-refractivity contribution < 1.29 is 4.79 Å². The molecule has 22 heavy (non-hydrogen) atoms. The summed E-state index contributed by atoms with van der Waals surface area (Å²) in [6.07, 6.45) is 0.695. The van der Waals surface area contributed by atoms with Crippen molar-refractivity contribution >= 4 is 11.7 Å². The number of nitrogens with one attached hydrogen (secondary N) is 1. The molecule has 0 fully saturated rings. The van der Waals surface area contributed by atoms with Crippen LogP contribution in [-0.2, 0) is 6.42 Å². The van der Waals surface area contributed by atoms with Gasteiger partial charge in [-0.2, -0.15) is 0 Å². The number of nitrogens with zero attached hydrogens (tertiary/aromatic N) is 1. The van der Waals surface area contributed by atoms with Crippen molar-refractivity contribution in [2.75, 3.05) is 6.54 Å². The zero-order valence-corrected chi connectivity index (χ0v) is 12.5. The minimum Gasteiger partial charge on any atom is -0.326 e. The Balaban J connectivity index is 1.73. The number of amidine groups is 1. The van der Waals surface area contributed by atoms with Gasteiger partial charge in [0.2, 0.25) is 0 Å².